The molecule has 0 spiro atoms. The molecule has 1 aromatic carbocycles. The molecule has 0 aromatic heterocycles. The predicted molar refractivity (Wildman–Crippen MR) is 148 cm³/mol. The van der Waals surface area contributed by atoms with Gasteiger partial charge < -0.3 is 24.4 Å². The number of halogens is 3. The molecule has 11 heteroatoms. The van der Waals surface area contributed by atoms with Crippen LogP contribution in [0.25, 0.3) is 0 Å². The average molecular weight is 575 g/mol. The molecule has 1 amide bonds. The molecule has 4 heterocycles. The Morgan fingerprint density at radius 1 is 1.28 bits per heavy atom. The molecule has 4 aliphatic heterocycles. The Balaban J connectivity index is 1.31. The number of allylic oxidation sites excluding steroid dienone is 1. The molecule has 0 radical (unpaired) electrons. The zero-order valence-electron chi connectivity index (χ0n) is 21.4. The first-order valence-electron chi connectivity index (χ1n) is 13.1. The molecule has 8 nitrogen and oxygen atoms in total. The fourth-order valence-electron chi connectivity index (χ4n) is 5.98. The highest BCUT2D eigenvalue weighted by Gasteiger charge is 2.50. The van der Waals surface area contributed by atoms with E-state index in [1.807, 2.05) is 17.9 Å². The van der Waals surface area contributed by atoms with Gasteiger partial charge in [-0.1, -0.05) is 36.7 Å². The average Bonchev–Trinajstić information content (AvgIpc) is 3.47. The first kappa shape index (κ1) is 26.3. The van der Waals surface area contributed by atoms with Crippen molar-refractivity contribution in [2.45, 2.75) is 38.0 Å². The number of fused-ring (bicyclic) bond motifs is 3. The highest BCUT2D eigenvalue weighted by molar-refractivity contribution is 6.42. The SMILES string of the molecule is C=CC(=O)N1C[C@H]2C[C@@H](C1)[C@H]2OC1=C(O[C@H]2CCOC2)C(C)C2N=CN=C(Nc3ccc(Cl)c(Cl)c3F)C2=C1. The van der Waals surface area contributed by atoms with E-state index >= 15 is 0 Å². The van der Waals surface area contributed by atoms with Crippen LogP contribution in [-0.4, -0.2) is 67.5 Å². The summed E-state index contributed by atoms with van der Waals surface area (Å²) in [5.74, 6) is 1.36. The van der Waals surface area contributed by atoms with Crippen molar-refractivity contribution in [1.29, 1.82) is 0 Å². The van der Waals surface area contributed by atoms with Gasteiger partial charge in [0.05, 0.1) is 35.0 Å². The number of benzene rings is 1. The maximum absolute atomic E-state index is 14.9. The van der Waals surface area contributed by atoms with E-state index in [-0.39, 0.29) is 57.6 Å². The number of aliphatic imine (C=N–C) groups is 2. The van der Waals surface area contributed by atoms with Gasteiger partial charge in [0.1, 0.15) is 30.1 Å². The molecular formula is C28H29Cl2FN4O4. The van der Waals surface area contributed by atoms with E-state index in [1.54, 1.807) is 0 Å². The molecule has 6 atom stereocenters. The van der Waals surface area contributed by atoms with Crippen molar-refractivity contribution in [3.05, 3.63) is 63.8 Å². The number of carbonyl (C=O) groups excluding carboxylic acids is 1. The third kappa shape index (κ3) is 4.85. The van der Waals surface area contributed by atoms with E-state index in [1.165, 1.54) is 24.5 Å². The Bertz CT molecular complexity index is 1310. The number of amides is 1. The summed E-state index contributed by atoms with van der Waals surface area (Å²) < 4.78 is 33.6. The number of rotatable bonds is 6. The Morgan fingerprint density at radius 3 is 2.79 bits per heavy atom. The summed E-state index contributed by atoms with van der Waals surface area (Å²) in [4.78, 5) is 23.1. The van der Waals surface area contributed by atoms with Crippen molar-refractivity contribution in [2.24, 2.45) is 27.7 Å². The molecule has 2 bridgehead atoms. The van der Waals surface area contributed by atoms with Crippen LogP contribution in [0.2, 0.25) is 10.0 Å². The second-order valence-electron chi connectivity index (χ2n) is 10.5. The summed E-state index contributed by atoms with van der Waals surface area (Å²) in [7, 11) is 0. The smallest absolute Gasteiger partial charge is 0.245 e. The van der Waals surface area contributed by atoms with Gasteiger partial charge in [-0.05, 0) is 30.7 Å². The number of ether oxygens (including phenoxy) is 3. The lowest BCUT2D eigenvalue weighted by Crippen LogP contribution is -2.60. The van der Waals surface area contributed by atoms with Gasteiger partial charge in [0, 0.05) is 42.8 Å². The van der Waals surface area contributed by atoms with Crippen molar-refractivity contribution in [2.75, 3.05) is 31.6 Å². The van der Waals surface area contributed by atoms with Crippen molar-refractivity contribution in [3.63, 3.8) is 0 Å². The number of carbonyl (C=O) groups is 1. The van der Waals surface area contributed by atoms with Gasteiger partial charge >= 0.3 is 0 Å². The van der Waals surface area contributed by atoms with Crippen LogP contribution in [0.3, 0.4) is 0 Å². The number of hydrogen-bond acceptors (Lipinski definition) is 7. The van der Waals surface area contributed by atoms with E-state index in [0.717, 1.165) is 24.2 Å². The summed E-state index contributed by atoms with van der Waals surface area (Å²) in [5.41, 5.74) is 0.913. The standard InChI is InChI=1S/C28H29Cl2FN4O4/c1-3-22(36)35-10-15-8-16(11-35)27(15)39-21-9-18-25(14(2)26(21)38-17-6-7-37-12-17)32-13-33-28(18)34-20-5-4-19(29)23(30)24(20)31/h3-5,9,13-17,25,27H,1,6-8,10-12H2,2H3,(H,32,33,34)/t14?,15-,16+,17-,25?,27+/m0/s1. The number of nitrogens with one attached hydrogen (secondary N) is 1. The van der Waals surface area contributed by atoms with Crippen molar-refractivity contribution < 1.29 is 23.4 Å². The molecule has 2 unspecified atom stereocenters. The van der Waals surface area contributed by atoms with Gasteiger partial charge in [0.25, 0.3) is 0 Å². The van der Waals surface area contributed by atoms with Gasteiger partial charge in [0.15, 0.2) is 11.6 Å². The molecule has 206 valence electrons. The first-order valence-corrected chi connectivity index (χ1v) is 13.9. The second kappa shape index (κ2) is 10.6. The summed E-state index contributed by atoms with van der Waals surface area (Å²) in [6, 6.07) is 2.75. The Hall–Kier alpha value is -2.88. The molecule has 2 aliphatic carbocycles. The Kier molecular flexibility index (Phi) is 7.16. The molecule has 4 fully saturated rings. The van der Waals surface area contributed by atoms with Crippen LogP contribution in [0.4, 0.5) is 10.1 Å². The molecule has 1 N–H and O–H groups in total. The first-order chi connectivity index (χ1) is 18.8. The van der Waals surface area contributed by atoms with Crippen molar-refractivity contribution in [3.8, 4) is 0 Å². The normalized spacial score (nSPS) is 31.1. The maximum Gasteiger partial charge on any atom is 0.245 e. The van der Waals surface area contributed by atoms with Crippen LogP contribution in [0, 0.1) is 23.6 Å². The lowest BCUT2D eigenvalue weighted by atomic mass is 9.68. The number of hydrogen-bond donors (Lipinski definition) is 1. The highest BCUT2D eigenvalue weighted by atomic mass is 35.5. The summed E-state index contributed by atoms with van der Waals surface area (Å²) in [5, 5.41) is 3.04. The van der Waals surface area contributed by atoms with Gasteiger partial charge in [-0.15, -0.1) is 0 Å². The van der Waals surface area contributed by atoms with Crippen LogP contribution >= 0.6 is 23.2 Å². The van der Waals surface area contributed by atoms with Gasteiger partial charge in [0.2, 0.25) is 5.91 Å². The topological polar surface area (TPSA) is 84.8 Å². The van der Waals surface area contributed by atoms with Crippen molar-refractivity contribution >= 4 is 47.0 Å². The van der Waals surface area contributed by atoms with Crippen LogP contribution in [-0.2, 0) is 19.0 Å². The third-order valence-corrected chi connectivity index (χ3v) is 8.87. The second-order valence-corrected chi connectivity index (χ2v) is 11.3. The summed E-state index contributed by atoms with van der Waals surface area (Å²) in [6.45, 7) is 8.10. The molecule has 39 heavy (non-hydrogen) atoms. The van der Waals surface area contributed by atoms with E-state index in [4.69, 9.17) is 37.4 Å². The quantitative estimate of drug-likeness (QED) is 0.382. The van der Waals surface area contributed by atoms with E-state index in [2.05, 4.69) is 21.9 Å². The number of anilines is 1. The minimum atomic E-state index is -0.659. The largest absolute Gasteiger partial charge is 0.488 e. The third-order valence-electron chi connectivity index (χ3n) is 8.09. The summed E-state index contributed by atoms with van der Waals surface area (Å²) >= 11 is 12.0. The monoisotopic (exact) mass is 574 g/mol. The van der Waals surface area contributed by atoms with Gasteiger partial charge in [-0.25, -0.2) is 9.38 Å². The lowest BCUT2D eigenvalue weighted by molar-refractivity contribution is -0.149. The predicted octanol–water partition coefficient (Wildman–Crippen LogP) is 5.00. The fraction of sp³-hybridized carbons (Fsp3) is 0.464. The van der Waals surface area contributed by atoms with E-state index in [9.17, 15) is 9.18 Å². The molecule has 1 saturated carbocycles. The molecule has 7 rings (SSSR count). The van der Waals surface area contributed by atoms with Crippen LogP contribution < -0.4 is 5.32 Å². The maximum atomic E-state index is 14.9. The van der Waals surface area contributed by atoms with E-state index in [0.29, 0.717) is 37.9 Å². The number of nitrogens with zero attached hydrogens (tertiary/aromatic N) is 3. The zero-order chi connectivity index (χ0) is 27.3. The number of piperidine rings is 2. The van der Waals surface area contributed by atoms with Crippen LogP contribution in [0.15, 0.2) is 57.9 Å². The van der Waals surface area contributed by atoms with Crippen LogP contribution in [0.5, 0.6) is 0 Å². The minimum absolute atomic E-state index is 0.0409. The van der Waals surface area contributed by atoms with Gasteiger partial charge in [-0.2, -0.15) is 0 Å². The fourth-order valence-corrected chi connectivity index (χ4v) is 6.29. The molecule has 3 saturated heterocycles. The van der Waals surface area contributed by atoms with E-state index < -0.39 is 5.82 Å². The van der Waals surface area contributed by atoms with Crippen molar-refractivity contribution in [1.82, 2.24) is 4.90 Å². The molecule has 1 aromatic rings. The molecule has 6 aliphatic rings. The Labute approximate surface area is 236 Å². The van der Waals surface area contributed by atoms with Crippen LogP contribution in [0.1, 0.15) is 19.8 Å². The summed E-state index contributed by atoms with van der Waals surface area (Å²) in [6.07, 6.45) is 6.43. The number of amidine groups is 1. The van der Waals surface area contributed by atoms with Gasteiger partial charge in [-0.3, -0.25) is 9.79 Å². The molecular weight excluding hydrogens is 546 g/mol. The lowest BCUT2D eigenvalue weighted by Gasteiger charge is -2.53. The minimum Gasteiger partial charge on any atom is -0.488 e. The highest BCUT2D eigenvalue weighted by Crippen LogP contribution is 2.46. The zero-order valence-corrected chi connectivity index (χ0v) is 22.9. The Morgan fingerprint density at radius 2 is 2.08 bits per heavy atom.